The van der Waals surface area contributed by atoms with Gasteiger partial charge < -0.3 is 19.5 Å². The number of aryl methyl sites for hydroxylation is 2. The van der Waals surface area contributed by atoms with Gasteiger partial charge in [0.25, 0.3) is 15.9 Å². The molecule has 0 saturated heterocycles. The van der Waals surface area contributed by atoms with E-state index in [1.165, 1.54) is 12.1 Å². The van der Waals surface area contributed by atoms with Gasteiger partial charge in [-0.3, -0.25) is 9.52 Å². The highest BCUT2D eigenvalue weighted by atomic mass is 32.2. The number of nitrogens with one attached hydrogen (secondary N) is 2. The maximum atomic E-state index is 12.7. The lowest BCUT2D eigenvalue weighted by atomic mass is 10.1. The summed E-state index contributed by atoms with van der Waals surface area (Å²) in [5.74, 6) is 1.29. The van der Waals surface area contributed by atoms with Crippen molar-refractivity contribution < 1.29 is 27.4 Å². The van der Waals surface area contributed by atoms with Gasteiger partial charge in [0.2, 0.25) is 0 Å². The van der Waals surface area contributed by atoms with Crippen molar-refractivity contribution in [1.82, 2.24) is 5.32 Å². The van der Waals surface area contributed by atoms with E-state index >= 15 is 0 Å². The van der Waals surface area contributed by atoms with Crippen LogP contribution in [0.3, 0.4) is 0 Å². The minimum atomic E-state index is -3.76. The predicted molar refractivity (Wildman–Crippen MR) is 135 cm³/mol. The highest BCUT2D eigenvalue weighted by molar-refractivity contribution is 7.92. The Balaban J connectivity index is 1.60. The van der Waals surface area contributed by atoms with Gasteiger partial charge >= 0.3 is 0 Å². The van der Waals surface area contributed by atoms with Crippen molar-refractivity contribution in [3.05, 3.63) is 77.4 Å². The molecule has 186 valence electrons. The van der Waals surface area contributed by atoms with Crippen molar-refractivity contribution in [3.63, 3.8) is 0 Å². The Kier molecular flexibility index (Phi) is 8.24. The first-order valence-corrected chi connectivity index (χ1v) is 12.5. The average molecular weight is 499 g/mol. The molecule has 0 aliphatic heterocycles. The van der Waals surface area contributed by atoms with E-state index in [2.05, 4.69) is 10.0 Å². The van der Waals surface area contributed by atoms with E-state index < -0.39 is 10.0 Å². The molecule has 0 fully saturated rings. The minimum Gasteiger partial charge on any atom is -0.493 e. The molecule has 0 bridgehead atoms. The summed E-state index contributed by atoms with van der Waals surface area (Å²) in [7, 11) is -0.646. The summed E-state index contributed by atoms with van der Waals surface area (Å²) in [6.45, 7) is 5.29. The first-order valence-electron chi connectivity index (χ1n) is 11.0. The number of hydrogen-bond donors (Lipinski definition) is 2. The molecule has 0 radical (unpaired) electrons. The van der Waals surface area contributed by atoms with Gasteiger partial charge in [0.05, 0.1) is 25.2 Å². The van der Waals surface area contributed by atoms with Crippen LogP contribution in [0, 0.1) is 13.8 Å². The SMILES string of the molecule is COc1ccc([C@H](C)NC(=O)COc2ccc(S(=O)(=O)Nc3ccc(C)cc3)cc2C)cc1OC. The van der Waals surface area contributed by atoms with Crippen molar-refractivity contribution in [2.45, 2.75) is 31.7 Å². The average Bonchev–Trinajstić information content (AvgIpc) is 2.84. The number of ether oxygens (including phenoxy) is 3. The second-order valence-corrected chi connectivity index (χ2v) is 9.77. The van der Waals surface area contributed by atoms with Gasteiger partial charge in [-0.1, -0.05) is 23.8 Å². The van der Waals surface area contributed by atoms with E-state index in [1.54, 1.807) is 51.5 Å². The molecule has 0 unspecified atom stereocenters. The highest BCUT2D eigenvalue weighted by Gasteiger charge is 2.17. The Morgan fingerprint density at radius 3 is 2.17 bits per heavy atom. The fourth-order valence-corrected chi connectivity index (χ4v) is 4.56. The molecule has 0 spiro atoms. The van der Waals surface area contributed by atoms with Crippen LogP contribution >= 0.6 is 0 Å². The smallest absolute Gasteiger partial charge is 0.261 e. The van der Waals surface area contributed by atoms with Gasteiger partial charge in [0, 0.05) is 5.69 Å². The molecule has 0 aliphatic rings. The second kappa shape index (κ2) is 11.1. The Bertz CT molecular complexity index is 1290. The van der Waals surface area contributed by atoms with E-state index in [0.717, 1.165) is 11.1 Å². The Hall–Kier alpha value is -3.72. The number of rotatable bonds is 10. The van der Waals surface area contributed by atoms with E-state index in [4.69, 9.17) is 14.2 Å². The van der Waals surface area contributed by atoms with Crippen LogP contribution in [0.15, 0.2) is 65.6 Å². The third-order valence-corrected chi connectivity index (χ3v) is 6.78. The van der Waals surface area contributed by atoms with Gasteiger partial charge in [-0.05, 0) is 74.4 Å². The molecule has 0 heterocycles. The lowest BCUT2D eigenvalue weighted by Crippen LogP contribution is -2.31. The van der Waals surface area contributed by atoms with Crippen LogP contribution < -0.4 is 24.2 Å². The molecular weight excluding hydrogens is 468 g/mol. The number of sulfonamides is 1. The zero-order valence-corrected chi connectivity index (χ0v) is 21.2. The third-order valence-electron chi connectivity index (χ3n) is 5.40. The Labute approximate surface area is 206 Å². The molecule has 0 saturated carbocycles. The standard InChI is InChI=1S/C26H30N2O6S/c1-17-6-9-21(10-7-17)28-35(30,31)22-11-13-23(18(2)14-22)34-16-26(29)27-19(3)20-8-12-24(32-4)25(15-20)33-5/h6-15,19,28H,16H2,1-5H3,(H,27,29)/t19-/m0/s1. The van der Waals surface area contributed by atoms with E-state index in [1.807, 2.05) is 32.0 Å². The zero-order chi connectivity index (χ0) is 25.6. The van der Waals surface area contributed by atoms with E-state index in [0.29, 0.717) is 28.5 Å². The Morgan fingerprint density at radius 2 is 1.54 bits per heavy atom. The number of carbonyl (C=O) groups is 1. The molecule has 2 N–H and O–H groups in total. The maximum Gasteiger partial charge on any atom is 0.261 e. The molecule has 0 aliphatic carbocycles. The van der Waals surface area contributed by atoms with Crippen molar-refractivity contribution in [2.24, 2.45) is 0 Å². The molecule has 3 rings (SSSR count). The van der Waals surface area contributed by atoms with Gasteiger partial charge in [-0.2, -0.15) is 0 Å². The van der Waals surface area contributed by atoms with Crippen LogP contribution in [0.25, 0.3) is 0 Å². The quantitative estimate of drug-likeness (QED) is 0.430. The summed E-state index contributed by atoms with van der Waals surface area (Å²) in [5, 5.41) is 2.88. The van der Waals surface area contributed by atoms with Crippen LogP contribution in [0.1, 0.15) is 29.7 Å². The second-order valence-electron chi connectivity index (χ2n) is 8.09. The first-order chi connectivity index (χ1) is 16.6. The number of hydrogen-bond acceptors (Lipinski definition) is 6. The van der Waals surface area contributed by atoms with Crippen molar-refractivity contribution in [2.75, 3.05) is 25.5 Å². The van der Waals surface area contributed by atoms with Crippen molar-refractivity contribution in [3.8, 4) is 17.2 Å². The highest BCUT2D eigenvalue weighted by Crippen LogP contribution is 2.30. The number of anilines is 1. The third kappa shape index (κ3) is 6.66. The number of amides is 1. The van der Waals surface area contributed by atoms with Gasteiger partial charge in [0.15, 0.2) is 18.1 Å². The van der Waals surface area contributed by atoms with Crippen molar-refractivity contribution in [1.29, 1.82) is 0 Å². The molecule has 1 amide bonds. The van der Waals surface area contributed by atoms with E-state index in [9.17, 15) is 13.2 Å². The van der Waals surface area contributed by atoms with Crippen LogP contribution in [-0.4, -0.2) is 35.2 Å². The fraction of sp³-hybridized carbons (Fsp3) is 0.269. The minimum absolute atomic E-state index is 0.106. The monoisotopic (exact) mass is 498 g/mol. The first kappa shape index (κ1) is 25.9. The molecule has 0 aromatic heterocycles. The summed E-state index contributed by atoms with van der Waals surface area (Å²) < 4.78 is 44.2. The van der Waals surface area contributed by atoms with Gasteiger partial charge in [-0.15, -0.1) is 0 Å². The van der Waals surface area contributed by atoms with Crippen LogP contribution in [-0.2, 0) is 14.8 Å². The summed E-state index contributed by atoms with van der Waals surface area (Å²) in [6, 6.07) is 16.7. The fourth-order valence-electron chi connectivity index (χ4n) is 3.42. The summed E-state index contributed by atoms with van der Waals surface area (Å²) in [6.07, 6.45) is 0. The lowest BCUT2D eigenvalue weighted by molar-refractivity contribution is -0.123. The van der Waals surface area contributed by atoms with E-state index in [-0.39, 0.29) is 23.5 Å². The predicted octanol–water partition coefficient (Wildman–Crippen LogP) is 4.38. The molecule has 1 atom stereocenters. The van der Waals surface area contributed by atoms with Gasteiger partial charge in [0.1, 0.15) is 5.75 Å². The number of carbonyl (C=O) groups excluding carboxylic acids is 1. The van der Waals surface area contributed by atoms with Crippen LogP contribution in [0.5, 0.6) is 17.2 Å². The molecular formula is C26H30N2O6S. The maximum absolute atomic E-state index is 12.7. The van der Waals surface area contributed by atoms with Crippen LogP contribution in [0.4, 0.5) is 5.69 Å². The Morgan fingerprint density at radius 1 is 0.886 bits per heavy atom. The lowest BCUT2D eigenvalue weighted by Gasteiger charge is -2.17. The molecule has 9 heteroatoms. The zero-order valence-electron chi connectivity index (χ0n) is 20.4. The topological polar surface area (TPSA) is 103 Å². The van der Waals surface area contributed by atoms with Gasteiger partial charge in [-0.25, -0.2) is 8.42 Å². The molecule has 3 aromatic rings. The normalized spacial score (nSPS) is 11.9. The van der Waals surface area contributed by atoms with Crippen molar-refractivity contribution >= 4 is 21.6 Å². The molecule has 3 aromatic carbocycles. The van der Waals surface area contributed by atoms with Crippen LogP contribution in [0.2, 0.25) is 0 Å². The largest absolute Gasteiger partial charge is 0.493 e. The summed E-state index contributed by atoms with van der Waals surface area (Å²) >= 11 is 0. The number of benzene rings is 3. The summed E-state index contributed by atoms with van der Waals surface area (Å²) in [4.78, 5) is 12.6. The molecule has 35 heavy (non-hydrogen) atoms. The molecule has 8 nitrogen and oxygen atoms in total. The summed E-state index contributed by atoms with van der Waals surface area (Å²) in [5.41, 5.74) is 2.96. The number of methoxy groups -OCH3 is 2.